The first-order chi connectivity index (χ1) is 16.2. The lowest BCUT2D eigenvalue weighted by atomic mass is 10.0. The van der Waals surface area contributed by atoms with Crippen LogP contribution in [0.25, 0.3) is 11.3 Å². The van der Waals surface area contributed by atoms with Crippen molar-refractivity contribution in [3.05, 3.63) is 75.9 Å². The van der Waals surface area contributed by atoms with Crippen molar-refractivity contribution < 1.29 is 27.8 Å². The Labute approximate surface area is 201 Å². The first-order valence-electron chi connectivity index (χ1n) is 11.3. The van der Waals surface area contributed by atoms with Crippen LogP contribution in [0.1, 0.15) is 61.5 Å². The molecular weight excluding hydrogens is 463 g/mol. The van der Waals surface area contributed by atoms with Gasteiger partial charge in [-0.3, -0.25) is 4.79 Å². The molecule has 1 aliphatic rings. The maximum absolute atomic E-state index is 13.7. The Bertz CT molecular complexity index is 1080. The largest absolute Gasteiger partial charge is 0.489 e. The molecule has 3 rings (SSSR count). The van der Waals surface area contributed by atoms with Gasteiger partial charge in [0, 0.05) is 17.5 Å². The molecule has 1 aromatic carbocycles. The summed E-state index contributed by atoms with van der Waals surface area (Å²) in [6.45, 7) is 5.78. The number of aryl methyl sites for hydroxylation is 1. The number of carboxylic acid groups (broad SMARTS) is 1. The van der Waals surface area contributed by atoms with Gasteiger partial charge >= 0.3 is 12.1 Å². The van der Waals surface area contributed by atoms with Gasteiger partial charge in [0.05, 0.1) is 5.69 Å². The van der Waals surface area contributed by atoms with E-state index in [1.54, 1.807) is 18.2 Å². The minimum absolute atomic E-state index is 0.00500. The second kappa shape index (κ2) is 11.5. The molecule has 1 aliphatic carbocycles. The smallest absolute Gasteiger partial charge is 0.427 e. The van der Waals surface area contributed by atoms with Gasteiger partial charge < -0.3 is 9.84 Å². The fraction of sp³-hybridized carbons (Fsp3) is 0.385. The lowest BCUT2D eigenvalue weighted by molar-refractivity contribution is -0.137. The summed E-state index contributed by atoms with van der Waals surface area (Å²) >= 11 is 0.431. The van der Waals surface area contributed by atoms with E-state index in [-0.39, 0.29) is 24.3 Å². The van der Waals surface area contributed by atoms with Crippen LogP contribution in [-0.2, 0) is 28.7 Å². The third-order valence-electron chi connectivity index (χ3n) is 5.76. The zero-order valence-corrected chi connectivity index (χ0v) is 19.9. The molecule has 0 spiro atoms. The number of halogens is 3. The zero-order valence-electron chi connectivity index (χ0n) is 19.1. The van der Waals surface area contributed by atoms with E-state index in [0.29, 0.717) is 41.3 Å². The summed E-state index contributed by atoms with van der Waals surface area (Å²) in [5.74, 6) is -0.448. The van der Waals surface area contributed by atoms with Crippen LogP contribution in [0.4, 0.5) is 13.2 Å². The number of aliphatic carboxylic acids is 1. The summed E-state index contributed by atoms with van der Waals surface area (Å²) in [4.78, 5) is 10.2. The maximum Gasteiger partial charge on any atom is 0.427 e. The second-order valence-electron chi connectivity index (χ2n) is 8.24. The maximum atomic E-state index is 13.7. The summed E-state index contributed by atoms with van der Waals surface area (Å²) in [5, 5.41) is 8.97. The number of aromatic nitrogens is 1. The van der Waals surface area contributed by atoms with E-state index in [9.17, 15) is 18.0 Å². The molecule has 0 saturated heterocycles. The van der Waals surface area contributed by atoms with E-state index in [4.69, 9.17) is 9.84 Å². The average Bonchev–Trinajstić information content (AvgIpc) is 3.25. The molecule has 0 unspecified atom stereocenters. The number of nitrogens with zero attached hydrogens (tertiary/aromatic N) is 1. The van der Waals surface area contributed by atoms with Gasteiger partial charge in [-0.2, -0.15) is 17.5 Å². The lowest BCUT2D eigenvalue weighted by Gasteiger charge is -2.14. The number of ether oxygens (including phenoxy) is 1. The summed E-state index contributed by atoms with van der Waals surface area (Å²) in [7, 11) is 0. The van der Waals surface area contributed by atoms with Gasteiger partial charge in [0.15, 0.2) is 0 Å². The predicted octanol–water partition coefficient (Wildman–Crippen LogP) is 7.71. The fourth-order valence-electron chi connectivity index (χ4n) is 3.78. The molecule has 0 fully saturated rings. The summed E-state index contributed by atoms with van der Waals surface area (Å²) in [6, 6.07) is 7.35. The van der Waals surface area contributed by atoms with Crippen molar-refractivity contribution in [2.24, 2.45) is 0 Å². The molecule has 1 heterocycles. The number of allylic oxidation sites excluding steroid dienone is 4. The topological polar surface area (TPSA) is 59.4 Å². The minimum atomic E-state index is -4.54. The van der Waals surface area contributed by atoms with E-state index in [1.807, 2.05) is 25.1 Å². The van der Waals surface area contributed by atoms with Crippen LogP contribution < -0.4 is 0 Å². The van der Waals surface area contributed by atoms with Gasteiger partial charge in [-0.15, -0.1) is 0 Å². The third-order valence-corrected chi connectivity index (χ3v) is 6.69. The molecule has 0 amide bonds. The minimum Gasteiger partial charge on any atom is -0.489 e. The monoisotopic (exact) mass is 491 g/mol. The zero-order chi connectivity index (χ0) is 24.7. The SMILES string of the molecule is C=C1CCCC/C(CCC(=O)O)=C\C=C/1OCc1c(-c2ccc(CC)cc2)nsc1C(F)(F)F. The highest BCUT2D eigenvalue weighted by atomic mass is 32.1. The van der Waals surface area contributed by atoms with E-state index in [0.717, 1.165) is 36.8 Å². The second-order valence-corrected chi connectivity index (χ2v) is 9.01. The van der Waals surface area contributed by atoms with E-state index < -0.39 is 17.0 Å². The van der Waals surface area contributed by atoms with Crippen molar-refractivity contribution in [1.29, 1.82) is 0 Å². The Morgan fingerprint density at radius 2 is 1.88 bits per heavy atom. The first-order valence-corrected chi connectivity index (χ1v) is 12.0. The Morgan fingerprint density at radius 3 is 2.53 bits per heavy atom. The van der Waals surface area contributed by atoms with Crippen LogP contribution >= 0.6 is 11.5 Å². The van der Waals surface area contributed by atoms with Crippen LogP contribution in [0.3, 0.4) is 0 Å². The van der Waals surface area contributed by atoms with Gasteiger partial charge in [-0.25, -0.2) is 0 Å². The average molecular weight is 492 g/mol. The quantitative estimate of drug-likeness (QED) is 0.411. The molecule has 4 nitrogen and oxygen atoms in total. The summed E-state index contributed by atoms with van der Waals surface area (Å²) < 4.78 is 51.3. The number of hydrogen-bond donors (Lipinski definition) is 1. The number of carbonyl (C=O) groups is 1. The number of benzene rings is 1. The van der Waals surface area contributed by atoms with Crippen LogP contribution in [-0.4, -0.2) is 15.4 Å². The predicted molar refractivity (Wildman–Crippen MR) is 127 cm³/mol. The van der Waals surface area contributed by atoms with Crippen LogP contribution in [0.15, 0.2) is 59.9 Å². The van der Waals surface area contributed by atoms with Crippen molar-refractivity contribution in [1.82, 2.24) is 4.37 Å². The molecule has 0 saturated carbocycles. The van der Waals surface area contributed by atoms with Crippen LogP contribution in [0, 0.1) is 0 Å². The number of carboxylic acids is 1. The van der Waals surface area contributed by atoms with Gasteiger partial charge in [0.2, 0.25) is 0 Å². The molecule has 34 heavy (non-hydrogen) atoms. The number of rotatable bonds is 8. The van der Waals surface area contributed by atoms with Crippen molar-refractivity contribution in [3.8, 4) is 11.3 Å². The number of alkyl halides is 3. The highest BCUT2D eigenvalue weighted by Gasteiger charge is 2.38. The normalized spacial score (nSPS) is 18.2. The number of hydrogen-bond acceptors (Lipinski definition) is 4. The molecular formula is C26H28F3NO3S. The molecule has 0 atom stereocenters. The summed E-state index contributed by atoms with van der Waals surface area (Å²) in [6.07, 6.45) is 3.43. The molecule has 0 bridgehead atoms. The molecule has 0 radical (unpaired) electrons. The highest BCUT2D eigenvalue weighted by molar-refractivity contribution is 7.06. The standard InChI is InChI=1S/C26H28F3NO3S/c1-3-18-8-12-20(13-9-18)24-21(25(34-30-24)26(27,28)29)16-33-22-14-10-19(11-15-23(31)32)7-5-4-6-17(22)2/h8-10,12-14H,2-7,11,15-16H2,1H3,(H,31,32)/b19-10+,22-14+. The Balaban J connectivity index is 1.89. The first kappa shape index (κ1) is 25.7. The Kier molecular flexibility index (Phi) is 8.72. The van der Waals surface area contributed by atoms with E-state index in [2.05, 4.69) is 11.0 Å². The van der Waals surface area contributed by atoms with Crippen LogP contribution in [0.2, 0.25) is 0 Å². The molecule has 1 N–H and O–H groups in total. The third kappa shape index (κ3) is 6.82. The van der Waals surface area contributed by atoms with Crippen LogP contribution in [0.5, 0.6) is 0 Å². The molecule has 1 aromatic heterocycles. The van der Waals surface area contributed by atoms with Gasteiger partial charge in [-0.1, -0.05) is 49.4 Å². The fourth-order valence-corrected chi connectivity index (χ4v) is 4.54. The van der Waals surface area contributed by atoms with Gasteiger partial charge in [0.1, 0.15) is 17.2 Å². The van der Waals surface area contributed by atoms with Gasteiger partial charge in [0.25, 0.3) is 0 Å². The molecule has 2 aromatic rings. The molecule has 182 valence electrons. The molecule has 0 aliphatic heterocycles. The molecule has 8 heteroatoms. The van der Waals surface area contributed by atoms with E-state index in [1.165, 1.54) is 0 Å². The van der Waals surface area contributed by atoms with Gasteiger partial charge in [-0.05, 0) is 67.3 Å². The Hall–Kier alpha value is -2.87. The van der Waals surface area contributed by atoms with E-state index >= 15 is 0 Å². The Morgan fingerprint density at radius 1 is 1.18 bits per heavy atom. The summed E-state index contributed by atoms with van der Waals surface area (Å²) in [5.41, 5.74) is 3.66. The lowest BCUT2D eigenvalue weighted by Crippen LogP contribution is -2.08. The van der Waals surface area contributed by atoms with Crippen molar-refractivity contribution in [2.75, 3.05) is 0 Å². The van der Waals surface area contributed by atoms with Crippen molar-refractivity contribution in [2.45, 2.75) is 64.7 Å². The van der Waals surface area contributed by atoms with Crippen molar-refractivity contribution in [3.63, 3.8) is 0 Å². The van der Waals surface area contributed by atoms with Crippen molar-refractivity contribution >= 4 is 17.5 Å². The highest BCUT2D eigenvalue weighted by Crippen LogP contribution is 2.40.